The fraction of sp³-hybridized carbons (Fsp3) is 0.640. The number of carbonyl (C=O) groups excluding carboxylic acids is 1. The summed E-state index contributed by atoms with van der Waals surface area (Å²) in [5.74, 6) is -2.19. The maximum atomic E-state index is 14.9. The van der Waals surface area contributed by atoms with Crippen LogP contribution in [0.3, 0.4) is 0 Å². The van der Waals surface area contributed by atoms with E-state index in [4.69, 9.17) is 4.74 Å². The lowest BCUT2D eigenvalue weighted by Gasteiger charge is -2.31. The Morgan fingerprint density at radius 2 is 2.05 bits per heavy atom. The van der Waals surface area contributed by atoms with Gasteiger partial charge in [0, 0.05) is 35.2 Å². The average Bonchev–Trinajstić information content (AvgIpc) is 3.32. The number of nitrogens with one attached hydrogen (secondary N) is 1. The van der Waals surface area contributed by atoms with Gasteiger partial charge in [-0.1, -0.05) is 0 Å². The molecule has 1 saturated heterocycles. The van der Waals surface area contributed by atoms with Crippen LogP contribution >= 0.6 is 0 Å². The molecular formula is C25H32F4N4O5S. The first-order chi connectivity index (χ1) is 17.9. The highest BCUT2D eigenvalue weighted by Crippen LogP contribution is 2.38. The van der Waals surface area contributed by atoms with Crippen LogP contribution in [0.4, 0.5) is 17.6 Å². The molecule has 1 amide bonds. The Bertz CT molecular complexity index is 1370. The molecule has 3 heterocycles. The van der Waals surface area contributed by atoms with Crippen LogP contribution in [0, 0.1) is 11.7 Å². The second kappa shape index (κ2) is 10.0. The number of nitrogens with zero attached hydrogens (tertiary/aromatic N) is 3. The van der Waals surface area contributed by atoms with E-state index in [1.54, 1.807) is 27.7 Å². The molecule has 9 nitrogen and oxygen atoms in total. The Balaban J connectivity index is 1.68. The monoisotopic (exact) mass is 576 g/mol. The molecule has 0 radical (unpaired) electrons. The van der Waals surface area contributed by atoms with Crippen molar-refractivity contribution in [3.63, 3.8) is 0 Å². The number of ether oxygens (including phenoxy) is 1. The number of aromatic nitrogens is 3. The third kappa shape index (κ3) is 6.53. The largest absolute Gasteiger partial charge is 0.468 e. The van der Waals surface area contributed by atoms with Crippen molar-refractivity contribution in [3.05, 3.63) is 29.3 Å². The lowest BCUT2D eigenvalue weighted by Crippen LogP contribution is -2.50. The molecule has 0 aromatic carbocycles. The summed E-state index contributed by atoms with van der Waals surface area (Å²) in [6.07, 6.45) is -2.66. The highest BCUT2D eigenvalue weighted by molar-refractivity contribution is 7.91. The second-order valence-corrected chi connectivity index (χ2v) is 13.5. The summed E-state index contributed by atoms with van der Waals surface area (Å²) in [6, 6.07) is 0.452. The van der Waals surface area contributed by atoms with E-state index in [1.165, 1.54) is 4.68 Å². The molecule has 2 aromatic rings. The molecule has 0 unspecified atom stereocenters. The number of alkyl halides is 3. The summed E-state index contributed by atoms with van der Waals surface area (Å²) in [6.45, 7) is 4.98. The first-order valence-corrected chi connectivity index (χ1v) is 14.4. The van der Waals surface area contributed by atoms with Crippen molar-refractivity contribution in [2.45, 2.75) is 76.7 Å². The van der Waals surface area contributed by atoms with Crippen LogP contribution in [0.5, 0.6) is 5.88 Å². The van der Waals surface area contributed by atoms with Crippen molar-refractivity contribution >= 4 is 15.7 Å². The molecule has 216 valence electrons. The van der Waals surface area contributed by atoms with Crippen LogP contribution in [0.1, 0.15) is 57.8 Å². The molecular weight excluding hydrogens is 544 g/mol. The standard InChI is InChI=1S/C25H32F4N4O5S/c1-14(23(2,3)35)33-19-9-15(22(34)31-24(4)7-8-39(36,37)13-24)5-6-16(19)21(32-33)17-10-20(30-11-18(17)26)38-12-25(27,28)29/h10-11,14-15,35H,5-9,12-13H2,1-4H3,(H,31,34)/t14-,15+,24-/m0/s1. The van der Waals surface area contributed by atoms with Crippen molar-refractivity contribution in [2.24, 2.45) is 5.92 Å². The van der Waals surface area contributed by atoms with E-state index in [2.05, 4.69) is 15.4 Å². The minimum Gasteiger partial charge on any atom is -0.468 e. The number of aliphatic hydroxyl groups is 1. The maximum Gasteiger partial charge on any atom is 0.422 e. The van der Waals surface area contributed by atoms with Crippen molar-refractivity contribution in [2.75, 3.05) is 18.1 Å². The molecule has 2 aliphatic rings. The van der Waals surface area contributed by atoms with Crippen LogP contribution in [-0.2, 0) is 27.5 Å². The zero-order chi connectivity index (χ0) is 29.0. The van der Waals surface area contributed by atoms with E-state index in [1.807, 2.05) is 0 Å². The van der Waals surface area contributed by atoms with Gasteiger partial charge in [-0.25, -0.2) is 17.8 Å². The quantitative estimate of drug-likeness (QED) is 0.486. The summed E-state index contributed by atoms with van der Waals surface area (Å²) >= 11 is 0. The summed E-state index contributed by atoms with van der Waals surface area (Å²) in [7, 11) is -3.23. The number of hydrogen-bond acceptors (Lipinski definition) is 7. The predicted octanol–water partition coefficient (Wildman–Crippen LogP) is 3.16. The SMILES string of the molecule is C[C@H](n1nc(-c2cc(OCC(F)(F)F)ncc2F)c2c1C[C@H](C(=O)N[C@@]1(C)CCS(=O)(=O)C1)CC2)C(C)(C)O. The minimum atomic E-state index is -4.60. The first kappa shape index (κ1) is 29.2. The zero-order valence-corrected chi connectivity index (χ0v) is 22.9. The highest BCUT2D eigenvalue weighted by Gasteiger charge is 2.42. The van der Waals surface area contributed by atoms with E-state index in [9.17, 15) is 35.9 Å². The average molecular weight is 577 g/mol. The second-order valence-electron chi connectivity index (χ2n) is 11.3. The van der Waals surface area contributed by atoms with Gasteiger partial charge in [0.15, 0.2) is 22.3 Å². The van der Waals surface area contributed by atoms with E-state index in [-0.39, 0.29) is 35.1 Å². The van der Waals surface area contributed by atoms with Crippen LogP contribution in [0.2, 0.25) is 0 Å². The maximum absolute atomic E-state index is 14.9. The number of fused-ring (bicyclic) bond motifs is 1. The van der Waals surface area contributed by atoms with Gasteiger partial charge in [0.25, 0.3) is 0 Å². The predicted molar refractivity (Wildman–Crippen MR) is 133 cm³/mol. The molecule has 1 aliphatic carbocycles. The van der Waals surface area contributed by atoms with Crippen molar-refractivity contribution in [3.8, 4) is 17.1 Å². The van der Waals surface area contributed by atoms with Crippen molar-refractivity contribution < 1.29 is 40.6 Å². The van der Waals surface area contributed by atoms with Gasteiger partial charge in [-0.15, -0.1) is 0 Å². The summed E-state index contributed by atoms with van der Waals surface area (Å²) in [5, 5.41) is 18.2. The molecule has 2 N–H and O–H groups in total. The number of amides is 1. The number of pyridine rings is 1. The van der Waals surface area contributed by atoms with E-state index in [0.717, 1.165) is 12.3 Å². The Morgan fingerprint density at radius 1 is 1.36 bits per heavy atom. The van der Waals surface area contributed by atoms with Crippen LogP contribution < -0.4 is 10.1 Å². The summed E-state index contributed by atoms with van der Waals surface area (Å²) in [5.41, 5.74) is -0.858. The van der Waals surface area contributed by atoms with Crippen LogP contribution in [-0.4, -0.2) is 69.6 Å². The molecule has 39 heavy (non-hydrogen) atoms. The highest BCUT2D eigenvalue weighted by atomic mass is 32.2. The van der Waals surface area contributed by atoms with E-state index in [0.29, 0.717) is 30.5 Å². The molecule has 1 aliphatic heterocycles. The van der Waals surface area contributed by atoms with Gasteiger partial charge in [-0.3, -0.25) is 9.48 Å². The van der Waals surface area contributed by atoms with Gasteiger partial charge in [0.2, 0.25) is 11.8 Å². The Morgan fingerprint density at radius 3 is 2.64 bits per heavy atom. The van der Waals surface area contributed by atoms with Gasteiger partial charge < -0.3 is 15.2 Å². The lowest BCUT2D eigenvalue weighted by atomic mass is 9.84. The van der Waals surface area contributed by atoms with Crippen molar-refractivity contribution in [1.82, 2.24) is 20.1 Å². The number of hydrogen-bond donors (Lipinski definition) is 2. The summed E-state index contributed by atoms with van der Waals surface area (Å²) in [4.78, 5) is 16.8. The Kier molecular flexibility index (Phi) is 7.52. The molecule has 2 aromatic heterocycles. The fourth-order valence-electron chi connectivity index (χ4n) is 5.04. The van der Waals surface area contributed by atoms with Crippen LogP contribution in [0.15, 0.2) is 12.3 Å². The molecule has 1 fully saturated rings. The topological polar surface area (TPSA) is 123 Å². The molecule has 3 atom stereocenters. The molecule has 0 saturated carbocycles. The molecule has 0 spiro atoms. The van der Waals surface area contributed by atoms with Crippen molar-refractivity contribution in [1.29, 1.82) is 0 Å². The minimum absolute atomic E-state index is 0.00396. The van der Waals surface area contributed by atoms with Crippen LogP contribution in [0.25, 0.3) is 11.3 Å². The number of carbonyl (C=O) groups is 1. The first-order valence-electron chi connectivity index (χ1n) is 12.6. The molecule has 4 rings (SSSR count). The van der Waals surface area contributed by atoms with E-state index < -0.39 is 57.4 Å². The zero-order valence-electron chi connectivity index (χ0n) is 22.1. The van der Waals surface area contributed by atoms with Gasteiger partial charge in [0.1, 0.15) is 0 Å². The molecule has 14 heteroatoms. The lowest BCUT2D eigenvalue weighted by molar-refractivity contribution is -0.154. The fourth-order valence-corrected chi connectivity index (χ4v) is 7.13. The summed E-state index contributed by atoms with van der Waals surface area (Å²) < 4.78 is 83.0. The third-order valence-corrected chi connectivity index (χ3v) is 9.36. The van der Waals surface area contributed by atoms with Gasteiger partial charge in [-0.2, -0.15) is 18.3 Å². The smallest absolute Gasteiger partial charge is 0.422 e. The van der Waals surface area contributed by atoms with Gasteiger partial charge >= 0.3 is 6.18 Å². The van der Waals surface area contributed by atoms with Gasteiger partial charge in [0.05, 0.1) is 40.6 Å². The molecule has 0 bridgehead atoms. The third-order valence-electron chi connectivity index (χ3n) is 7.46. The Hall–Kier alpha value is -2.74. The normalized spacial score (nSPS) is 23.8. The number of rotatable bonds is 7. The number of halogens is 4. The van der Waals surface area contributed by atoms with Gasteiger partial charge in [-0.05, 0) is 47.0 Å². The Labute approximate surface area is 223 Å². The number of sulfone groups is 1. The van der Waals surface area contributed by atoms with E-state index >= 15 is 0 Å².